The number of anilines is 1. The highest BCUT2D eigenvalue weighted by Crippen LogP contribution is 2.18. The van der Waals surface area contributed by atoms with Gasteiger partial charge in [-0.15, -0.1) is 5.10 Å². The van der Waals surface area contributed by atoms with Crippen LogP contribution >= 0.6 is 0 Å². The number of nitriles is 1. The molecule has 0 radical (unpaired) electrons. The van der Waals surface area contributed by atoms with Gasteiger partial charge in [-0.05, 0) is 39.2 Å². The van der Waals surface area contributed by atoms with Crippen molar-refractivity contribution in [2.45, 2.75) is 46.1 Å². The third kappa shape index (κ3) is 4.21. The average Bonchev–Trinajstić information content (AvgIpc) is 2.34. The standard InChI is InChI=1S/C13H18N4O2/c1-8(5-4-6-12(18)19)15-13-11(7-14)9(2)10(3)16-17-13/h8H,4-6H2,1-3H3,(H,15,17)(H,18,19). The van der Waals surface area contributed by atoms with E-state index in [9.17, 15) is 4.79 Å². The lowest BCUT2D eigenvalue weighted by Crippen LogP contribution is -2.18. The molecular weight excluding hydrogens is 244 g/mol. The lowest BCUT2D eigenvalue weighted by atomic mass is 10.1. The Morgan fingerprint density at radius 2 is 2.16 bits per heavy atom. The van der Waals surface area contributed by atoms with Crippen LogP contribution in [0.4, 0.5) is 5.82 Å². The molecule has 102 valence electrons. The highest BCUT2D eigenvalue weighted by molar-refractivity contribution is 5.66. The van der Waals surface area contributed by atoms with E-state index in [4.69, 9.17) is 10.4 Å². The molecule has 1 aromatic heterocycles. The van der Waals surface area contributed by atoms with Crippen LogP contribution in [0.3, 0.4) is 0 Å². The predicted molar refractivity (Wildman–Crippen MR) is 70.8 cm³/mol. The van der Waals surface area contributed by atoms with E-state index in [1.54, 1.807) is 0 Å². The van der Waals surface area contributed by atoms with Gasteiger partial charge in [-0.25, -0.2) is 0 Å². The number of carbonyl (C=O) groups is 1. The lowest BCUT2D eigenvalue weighted by molar-refractivity contribution is -0.137. The van der Waals surface area contributed by atoms with Crippen LogP contribution in [0.5, 0.6) is 0 Å². The van der Waals surface area contributed by atoms with Crippen molar-refractivity contribution < 1.29 is 9.90 Å². The highest BCUT2D eigenvalue weighted by atomic mass is 16.4. The number of hydrogen-bond donors (Lipinski definition) is 2. The Kier molecular flexibility index (Phi) is 5.24. The number of nitrogens with one attached hydrogen (secondary N) is 1. The number of rotatable bonds is 6. The Balaban J connectivity index is 2.69. The second kappa shape index (κ2) is 6.69. The zero-order valence-corrected chi connectivity index (χ0v) is 11.4. The molecule has 0 aliphatic carbocycles. The fraction of sp³-hybridized carbons (Fsp3) is 0.538. The van der Waals surface area contributed by atoms with E-state index >= 15 is 0 Å². The summed E-state index contributed by atoms with van der Waals surface area (Å²) in [7, 11) is 0. The molecule has 0 aliphatic heterocycles. The van der Waals surface area contributed by atoms with Gasteiger partial charge in [0.05, 0.1) is 5.69 Å². The van der Waals surface area contributed by atoms with Crippen LogP contribution in [0.25, 0.3) is 0 Å². The molecule has 0 saturated carbocycles. The maximum absolute atomic E-state index is 10.4. The quantitative estimate of drug-likeness (QED) is 0.813. The summed E-state index contributed by atoms with van der Waals surface area (Å²) in [5.41, 5.74) is 2.05. The molecule has 19 heavy (non-hydrogen) atoms. The average molecular weight is 262 g/mol. The Bertz CT molecular complexity index is 508. The van der Waals surface area contributed by atoms with E-state index in [0.29, 0.717) is 24.2 Å². The molecule has 1 aromatic rings. The minimum atomic E-state index is -0.795. The first-order valence-corrected chi connectivity index (χ1v) is 6.18. The van der Waals surface area contributed by atoms with E-state index in [2.05, 4.69) is 21.6 Å². The van der Waals surface area contributed by atoms with Crippen molar-refractivity contribution in [3.8, 4) is 6.07 Å². The monoisotopic (exact) mass is 262 g/mol. The zero-order valence-electron chi connectivity index (χ0n) is 11.4. The first-order valence-electron chi connectivity index (χ1n) is 6.18. The number of carboxylic acids is 1. The number of carboxylic acid groups (broad SMARTS) is 1. The summed E-state index contributed by atoms with van der Waals surface area (Å²) in [5.74, 6) is -0.329. The lowest BCUT2D eigenvalue weighted by Gasteiger charge is -2.15. The summed E-state index contributed by atoms with van der Waals surface area (Å²) >= 11 is 0. The number of nitrogens with zero attached hydrogens (tertiary/aromatic N) is 3. The Morgan fingerprint density at radius 3 is 2.74 bits per heavy atom. The topological polar surface area (TPSA) is 98.9 Å². The first kappa shape index (κ1) is 14.9. The van der Waals surface area contributed by atoms with Crippen LogP contribution in [0.1, 0.15) is 43.0 Å². The second-order valence-electron chi connectivity index (χ2n) is 4.58. The van der Waals surface area contributed by atoms with Crippen molar-refractivity contribution in [1.82, 2.24) is 10.2 Å². The van der Waals surface area contributed by atoms with Gasteiger partial charge < -0.3 is 10.4 Å². The van der Waals surface area contributed by atoms with E-state index in [0.717, 1.165) is 11.3 Å². The van der Waals surface area contributed by atoms with Crippen LogP contribution in [-0.4, -0.2) is 27.3 Å². The summed E-state index contributed by atoms with van der Waals surface area (Å²) in [5, 5.41) is 28.8. The summed E-state index contributed by atoms with van der Waals surface area (Å²) in [6.45, 7) is 5.58. The van der Waals surface area contributed by atoms with Gasteiger partial charge in [0.2, 0.25) is 0 Å². The molecule has 6 nitrogen and oxygen atoms in total. The van der Waals surface area contributed by atoms with Gasteiger partial charge in [0.1, 0.15) is 11.6 Å². The molecule has 0 spiro atoms. The Morgan fingerprint density at radius 1 is 1.47 bits per heavy atom. The molecule has 0 saturated heterocycles. The van der Waals surface area contributed by atoms with Gasteiger partial charge >= 0.3 is 5.97 Å². The molecule has 0 aliphatic rings. The summed E-state index contributed by atoms with van der Waals surface area (Å²) in [6.07, 6.45) is 1.44. The zero-order chi connectivity index (χ0) is 14.4. The van der Waals surface area contributed by atoms with Gasteiger partial charge in [-0.2, -0.15) is 10.4 Å². The fourth-order valence-corrected chi connectivity index (χ4v) is 1.71. The molecule has 1 rings (SSSR count). The maximum atomic E-state index is 10.4. The number of aliphatic carboxylic acids is 1. The second-order valence-corrected chi connectivity index (χ2v) is 4.58. The van der Waals surface area contributed by atoms with Crippen LogP contribution in [0.2, 0.25) is 0 Å². The molecule has 0 aromatic carbocycles. The van der Waals surface area contributed by atoms with Crippen molar-refractivity contribution in [3.63, 3.8) is 0 Å². The van der Waals surface area contributed by atoms with Gasteiger partial charge in [0.15, 0.2) is 5.82 Å². The van der Waals surface area contributed by atoms with Crippen molar-refractivity contribution in [2.75, 3.05) is 5.32 Å². The predicted octanol–water partition coefficient (Wildman–Crippen LogP) is 2.02. The Labute approximate surface area is 112 Å². The van der Waals surface area contributed by atoms with E-state index in [1.165, 1.54) is 0 Å². The SMILES string of the molecule is Cc1nnc(NC(C)CCCC(=O)O)c(C#N)c1C. The maximum Gasteiger partial charge on any atom is 0.303 e. The number of aryl methyl sites for hydroxylation is 1. The molecule has 6 heteroatoms. The number of aromatic nitrogens is 2. The molecule has 1 atom stereocenters. The molecule has 2 N–H and O–H groups in total. The van der Waals surface area contributed by atoms with E-state index in [-0.39, 0.29) is 12.5 Å². The van der Waals surface area contributed by atoms with Crippen molar-refractivity contribution in [3.05, 3.63) is 16.8 Å². The van der Waals surface area contributed by atoms with Crippen LogP contribution in [0.15, 0.2) is 0 Å². The largest absolute Gasteiger partial charge is 0.481 e. The van der Waals surface area contributed by atoms with Gasteiger partial charge in [0.25, 0.3) is 0 Å². The van der Waals surface area contributed by atoms with Crippen LogP contribution in [-0.2, 0) is 4.79 Å². The fourth-order valence-electron chi connectivity index (χ4n) is 1.71. The molecule has 0 amide bonds. The molecule has 1 unspecified atom stereocenters. The van der Waals surface area contributed by atoms with Crippen molar-refractivity contribution >= 4 is 11.8 Å². The molecular formula is C13H18N4O2. The minimum Gasteiger partial charge on any atom is -0.481 e. The van der Waals surface area contributed by atoms with Gasteiger partial charge in [-0.3, -0.25) is 4.79 Å². The molecule has 0 bridgehead atoms. The molecule has 0 fully saturated rings. The normalized spacial score (nSPS) is 11.7. The summed E-state index contributed by atoms with van der Waals surface area (Å²) in [4.78, 5) is 10.4. The van der Waals surface area contributed by atoms with Gasteiger partial charge in [-0.1, -0.05) is 0 Å². The molecule has 1 heterocycles. The third-order valence-corrected chi connectivity index (χ3v) is 2.98. The van der Waals surface area contributed by atoms with Crippen LogP contribution < -0.4 is 5.32 Å². The third-order valence-electron chi connectivity index (χ3n) is 2.98. The highest BCUT2D eigenvalue weighted by Gasteiger charge is 2.13. The number of hydrogen-bond acceptors (Lipinski definition) is 5. The summed E-state index contributed by atoms with van der Waals surface area (Å²) < 4.78 is 0. The minimum absolute atomic E-state index is 0.0443. The first-order chi connectivity index (χ1) is 8.95. The van der Waals surface area contributed by atoms with Gasteiger partial charge in [0, 0.05) is 12.5 Å². The van der Waals surface area contributed by atoms with E-state index < -0.39 is 5.97 Å². The Hall–Kier alpha value is -2.16. The smallest absolute Gasteiger partial charge is 0.303 e. The van der Waals surface area contributed by atoms with E-state index in [1.807, 2.05) is 20.8 Å². The summed E-state index contributed by atoms with van der Waals surface area (Å²) in [6, 6.07) is 2.17. The van der Waals surface area contributed by atoms with Crippen molar-refractivity contribution in [2.24, 2.45) is 0 Å². The van der Waals surface area contributed by atoms with Crippen molar-refractivity contribution in [1.29, 1.82) is 5.26 Å². The van der Waals surface area contributed by atoms with Crippen LogP contribution in [0, 0.1) is 25.2 Å².